The molecule has 2 aliphatic rings. The first-order valence-electron chi connectivity index (χ1n) is 18.0. The molecule has 1 aliphatic heterocycles. The third kappa shape index (κ3) is 12.6. The number of carbonyl (C=O) groups excluding carboxylic acids is 2. The molecular formula is C38H62O7SSi. The zero-order valence-electron chi connectivity index (χ0n) is 30.2. The molecular weight excluding hydrogens is 629 g/mol. The lowest BCUT2D eigenvalue weighted by Crippen LogP contribution is -2.43. The summed E-state index contributed by atoms with van der Waals surface area (Å²) < 4.78 is 38.2. The number of unbranched alkanes of at least 4 members (excludes halogenated alkanes) is 4. The number of Topliss-reactive ketones (excluding diaryl/α,β-unsaturated/α-hetero) is 1. The maximum absolute atomic E-state index is 14.4. The van der Waals surface area contributed by atoms with Crippen molar-refractivity contribution in [2.45, 2.75) is 158 Å². The molecule has 1 aliphatic carbocycles. The zero-order chi connectivity index (χ0) is 34.5. The van der Waals surface area contributed by atoms with Crippen LogP contribution in [0.15, 0.2) is 47.4 Å². The largest absolute Gasteiger partial charge is 0.469 e. The van der Waals surface area contributed by atoms with Gasteiger partial charge in [0.1, 0.15) is 5.78 Å². The fourth-order valence-electron chi connectivity index (χ4n) is 6.54. The van der Waals surface area contributed by atoms with Crippen molar-refractivity contribution in [2.24, 2.45) is 11.8 Å². The van der Waals surface area contributed by atoms with E-state index in [9.17, 15) is 13.8 Å². The monoisotopic (exact) mass is 690 g/mol. The maximum Gasteiger partial charge on any atom is 0.305 e. The number of hydrogen-bond acceptors (Lipinski definition) is 7. The molecule has 7 nitrogen and oxygen atoms in total. The van der Waals surface area contributed by atoms with Crippen molar-refractivity contribution in [1.29, 1.82) is 0 Å². The van der Waals surface area contributed by atoms with Crippen molar-refractivity contribution in [3.05, 3.63) is 42.5 Å². The van der Waals surface area contributed by atoms with Gasteiger partial charge in [0, 0.05) is 42.3 Å². The molecule has 7 atom stereocenters. The van der Waals surface area contributed by atoms with Crippen LogP contribution in [0.1, 0.15) is 111 Å². The Kier molecular flexibility index (Phi) is 16.5. The molecule has 3 rings (SSSR count). The van der Waals surface area contributed by atoms with Crippen molar-refractivity contribution in [3.63, 3.8) is 0 Å². The Morgan fingerprint density at radius 1 is 1.09 bits per heavy atom. The molecule has 0 spiro atoms. The SMILES string of the molecule is COC(=O)CCCCCC[C@H]1C(=O)C[C@@H](O[C@@H]2CCCCO2)[C@@H]1[C@H](/C=C/CCC[C@@H](C)O[Si](C)(C)C(C)(C)C)S(=O)c1ccccc1. The normalized spacial score (nSPS) is 24.4. The molecule has 1 aromatic carbocycles. The fourth-order valence-corrected chi connectivity index (χ4v) is 9.66. The van der Waals surface area contributed by atoms with E-state index in [0.29, 0.717) is 19.4 Å². The number of ketones is 1. The predicted octanol–water partition coefficient (Wildman–Crippen LogP) is 8.93. The second-order valence-corrected chi connectivity index (χ2v) is 21.3. The summed E-state index contributed by atoms with van der Waals surface area (Å²) in [7, 11) is -1.77. The minimum Gasteiger partial charge on any atom is -0.469 e. The maximum atomic E-state index is 14.4. The molecule has 1 unspecified atom stereocenters. The lowest BCUT2D eigenvalue weighted by Gasteiger charge is -2.38. The Labute approximate surface area is 288 Å². The highest BCUT2D eigenvalue weighted by molar-refractivity contribution is 7.85. The Morgan fingerprint density at radius 3 is 2.47 bits per heavy atom. The zero-order valence-corrected chi connectivity index (χ0v) is 32.0. The summed E-state index contributed by atoms with van der Waals surface area (Å²) in [5.74, 6) is -0.423. The van der Waals surface area contributed by atoms with E-state index in [2.05, 4.69) is 52.9 Å². The molecule has 0 bridgehead atoms. The van der Waals surface area contributed by atoms with E-state index < -0.39 is 19.1 Å². The molecule has 266 valence electrons. The molecule has 1 heterocycles. The average Bonchev–Trinajstić information content (AvgIpc) is 3.33. The Balaban J connectivity index is 1.77. The third-order valence-electron chi connectivity index (χ3n) is 10.3. The third-order valence-corrected chi connectivity index (χ3v) is 16.6. The minimum absolute atomic E-state index is 0.176. The van der Waals surface area contributed by atoms with Gasteiger partial charge in [-0.25, -0.2) is 0 Å². The van der Waals surface area contributed by atoms with E-state index in [4.69, 9.17) is 18.6 Å². The van der Waals surface area contributed by atoms with Crippen LogP contribution in [0.3, 0.4) is 0 Å². The van der Waals surface area contributed by atoms with E-state index in [0.717, 1.165) is 75.5 Å². The van der Waals surface area contributed by atoms with Crippen LogP contribution in [0, 0.1) is 11.8 Å². The van der Waals surface area contributed by atoms with Crippen LogP contribution >= 0.6 is 0 Å². The van der Waals surface area contributed by atoms with E-state index in [1.54, 1.807) is 0 Å². The highest BCUT2D eigenvalue weighted by Crippen LogP contribution is 2.42. The van der Waals surface area contributed by atoms with Crippen LogP contribution in [0.25, 0.3) is 0 Å². The smallest absolute Gasteiger partial charge is 0.305 e. The second-order valence-electron chi connectivity index (χ2n) is 15.0. The second kappa shape index (κ2) is 19.5. The van der Waals surface area contributed by atoms with Crippen LogP contribution < -0.4 is 0 Å². The van der Waals surface area contributed by atoms with Crippen LogP contribution in [-0.4, -0.2) is 61.7 Å². The van der Waals surface area contributed by atoms with Gasteiger partial charge in [-0.3, -0.25) is 13.8 Å². The Bertz CT molecular complexity index is 1140. The van der Waals surface area contributed by atoms with Gasteiger partial charge in [-0.05, 0) is 88.6 Å². The Hall–Kier alpha value is -1.65. The van der Waals surface area contributed by atoms with Crippen molar-refractivity contribution in [1.82, 2.24) is 0 Å². The molecule has 0 radical (unpaired) electrons. The van der Waals surface area contributed by atoms with E-state index in [-0.39, 0.29) is 52.4 Å². The predicted molar refractivity (Wildman–Crippen MR) is 192 cm³/mol. The molecule has 9 heteroatoms. The number of allylic oxidation sites excluding steroid dienone is 1. The van der Waals surface area contributed by atoms with Crippen LogP contribution in [0.5, 0.6) is 0 Å². The highest BCUT2D eigenvalue weighted by atomic mass is 32.2. The van der Waals surface area contributed by atoms with Crippen LogP contribution in [0.2, 0.25) is 18.1 Å². The molecule has 47 heavy (non-hydrogen) atoms. The summed E-state index contributed by atoms with van der Waals surface area (Å²) >= 11 is 0. The van der Waals surface area contributed by atoms with Crippen LogP contribution in [0.4, 0.5) is 0 Å². The van der Waals surface area contributed by atoms with Gasteiger partial charge in [-0.1, -0.05) is 70.4 Å². The number of benzene rings is 1. The topological polar surface area (TPSA) is 88.1 Å². The molecule has 2 fully saturated rings. The summed E-state index contributed by atoms with van der Waals surface area (Å²) in [5, 5.41) is -0.183. The average molecular weight is 691 g/mol. The molecule has 1 saturated heterocycles. The summed E-state index contributed by atoms with van der Waals surface area (Å²) in [5.41, 5.74) is 0. The molecule has 0 N–H and O–H groups in total. The molecule has 1 aromatic rings. The fraction of sp³-hybridized carbons (Fsp3) is 0.737. The first kappa shape index (κ1) is 39.8. The number of rotatable bonds is 19. The number of hydrogen-bond donors (Lipinski definition) is 0. The summed E-state index contributed by atoms with van der Waals surface area (Å²) in [4.78, 5) is 26.0. The van der Waals surface area contributed by atoms with Crippen molar-refractivity contribution in [3.8, 4) is 0 Å². The van der Waals surface area contributed by atoms with Gasteiger partial charge in [0.15, 0.2) is 14.6 Å². The van der Waals surface area contributed by atoms with Crippen molar-refractivity contribution >= 4 is 30.9 Å². The van der Waals surface area contributed by atoms with Crippen molar-refractivity contribution < 1.29 is 32.4 Å². The number of methoxy groups -OCH3 is 1. The Morgan fingerprint density at radius 2 is 1.81 bits per heavy atom. The van der Waals surface area contributed by atoms with Gasteiger partial charge in [-0.2, -0.15) is 0 Å². The van der Waals surface area contributed by atoms with Gasteiger partial charge in [-0.15, -0.1) is 0 Å². The number of carbonyl (C=O) groups is 2. The van der Waals surface area contributed by atoms with Gasteiger partial charge in [0.25, 0.3) is 0 Å². The summed E-state index contributed by atoms with van der Waals surface area (Å²) in [6.07, 6.45) is 14.5. The van der Waals surface area contributed by atoms with E-state index >= 15 is 0 Å². The summed E-state index contributed by atoms with van der Waals surface area (Å²) in [6.45, 7) is 14.2. The first-order chi connectivity index (χ1) is 22.3. The standard InChI is InChI=1S/C38H62O7SSi/c1-29(45-47(6,7)38(2,3)4)20-12-10-16-24-34(46(41)30-21-13-11-14-22-30)37-31(23-15-8-9-17-25-35(40)42-5)32(39)28-33(37)44-36-26-18-19-27-43-36/h11,13-14,16,21-22,24,29,31,33-34,36-37H,8-10,12,15,17-20,23,25-28H2,1-7H3/b24-16+/t29-,31+,33-,34+,36-,37-,46?/m1/s1. The lowest BCUT2D eigenvalue weighted by molar-refractivity contribution is -0.195. The van der Waals surface area contributed by atoms with Gasteiger partial charge in [0.2, 0.25) is 0 Å². The summed E-state index contributed by atoms with van der Waals surface area (Å²) in [6, 6.07) is 9.63. The molecule has 0 amide bonds. The first-order valence-corrected chi connectivity index (χ1v) is 22.1. The quantitative estimate of drug-likeness (QED) is 0.0620. The van der Waals surface area contributed by atoms with Gasteiger partial charge in [0.05, 0.1) is 29.3 Å². The van der Waals surface area contributed by atoms with E-state index in [1.165, 1.54) is 7.11 Å². The molecule has 1 saturated carbocycles. The van der Waals surface area contributed by atoms with Gasteiger partial charge < -0.3 is 18.6 Å². The number of esters is 1. The molecule has 0 aromatic heterocycles. The van der Waals surface area contributed by atoms with Crippen molar-refractivity contribution in [2.75, 3.05) is 13.7 Å². The van der Waals surface area contributed by atoms with Gasteiger partial charge >= 0.3 is 5.97 Å². The number of ether oxygens (including phenoxy) is 3. The van der Waals surface area contributed by atoms with Crippen LogP contribution in [-0.2, 0) is 39.0 Å². The lowest BCUT2D eigenvalue weighted by atomic mass is 9.86. The highest BCUT2D eigenvalue weighted by Gasteiger charge is 2.48. The minimum atomic E-state index is -1.83. The van der Waals surface area contributed by atoms with E-state index in [1.807, 2.05) is 30.3 Å².